The van der Waals surface area contributed by atoms with Gasteiger partial charge in [-0.2, -0.15) is 5.10 Å². The molecule has 1 aliphatic rings. The van der Waals surface area contributed by atoms with Crippen LogP contribution >= 0.6 is 0 Å². The van der Waals surface area contributed by atoms with Gasteiger partial charge in [-0.1, -0.05) is 6.07 Å². The highest BCUT2D eigenvalue weighted by atomic mass is 19.1. The molecule has 0 spiro atoms. The van der Waals surface area contributed by atoms with Crippen LogP contribution in [0.1, 0.15) is 30.3 Å². The molecule has 3 rings (SSSR count). The Morgan fingerprint density at radius 2 is 2.11 bits per heavy atom. The summed E-state index contributed by atoms with van der Waals surface area (Å²) in [6.07, 6.45) is 2.61. The number of aromatic amines is 1. The van der Waals surface area contributed by atoms with E-state index in [9.17, 15) is 9.50 Å². The molecule has 1 aromatic heterocycles. The third kappa shape index (κ3) is 2.31. The Hall–Kier alpha value is -1.95. The van der Waals surface area contributed by atoms with Crippen LogP contribution in [0.2, 0.25) is 0 Å². The molecule has 5 nitrogen and oxygen atoms in total. The number of hydrogen-bond donors (Lipinski definition) is 2. The number of benzene rings is 1. The third-order valence-corrected chi connectivity index (χ3v) is 3.43. The van der Waals surface area contributed by atoms with Crippen molar-refractivity contribution < 1.29 is 9.50 Å². The molecule has 6 heteroatoms. The molecule has 0 radical (unpaired) electrons. The minimum Gasteiger partial charge on any atom is -0.380 e. The largest absolute Gasteiger partial charge is 0.380 e. The van der Waals surface area contributed by atoms with Crippen LogP contribution in [0.15, 0.2) is 24.5 Å². The Bertz CT molecular complexity index is 552. The summed E-state index contributed by atoms with van der Waals surface area (Å²) in [7, 11) is 0. The third-order valence-electron chi connectivity index (χ3n) is 3.43. The molecule has 1 fully saturated rings. The molecule has 0 saturated carbocycles. The molecule has 2 heterocycles. The maximum atomic E-state index is 13.5. The monoisotopic (exact) mass is 262 g/mol. The Kier molecular flexibility index (Phi) is 3.16. The predicted molar refractivity (Wildman–Crippen MR) is 68.3 cm³/mol. The summed E-state index contributed by atoms with van der Waals surface area (Å²) in [5.74, 6) is 0.0717. The smallest absolute Gasteiger partial charge is 0.157 e. The zero-order valence-corrected chi connectivity index (χ0v) is 10.4. The average Bonchev–Trinajstić information content (AvgIpc) is 3.11. The van der Waals surface area contributed by atoms with Crippen molar-refractivity contribution in [3.8, 4) is 0 Å². The molecule has 1 aliphatic heterocycles. The van der Waals surface area contributed by atoms with E-state index in [1.54, 1.807) is 6.07 Å². The van der Waals surface area contributed by atoms with Gasteiger partial charge in [0.2, 0.25) is 0 Å². The number of aromatic nitrogens is 3. The molecule has 0 aliphatic carbocycles. The zero-order chi connectivity index (χ0) is 13.2. The van der Waals surface area contributed by atoms with Crippen molar-refractivity contribution in [1.29, 1.82) is 0 Å². The van der Waals surface area contributed by atoms with Crippen LogP contribution in [0, 0.1) is 5.82 Å². The number of rotatable bonds is 3. The van der Waals surface area contributed by atoms with Gasteiger partial charge in [0.15, 0.2) is 5.82 Å². The second-order valence-corrected chi connectivity index (χ2v) is 4.67. The minimum absolute atomic E-state index is 0.296. The van der Waals surface area contributed by atoms with E-state index in [0.29, 0.717) is 11.4 Å². The lowest BCUT2D eigenvalue weighted by Crippen LogP contribution is -2.21. The summed E-state index contributed by atoms with van der Waals surface area (Å²) in [5, 5.41) is 16.7. The lowest BCUT2D eigenvalue weighted by molar-refractivity contribution is 0.210. The molecule has 1 atom stereocenters. The highest BCUT2D eigenvalue weighted by molar-refractivity contribution is 5.56. The first-order valence-corrected chi connectivity index (χ1v) is 6.33. The van der Waals surface area contributed by atoms with Crippen LogP contribution in [-0.2, 0) is 0 Å². The van der Waals surface area contributed by atoms with Gasteiger partial charge in [0, 0.05) is 24.3 Å². The molecule has 100 valence electrons. The normalized spacial score (nSPS) is 16.8. The van der Waals surface area contributed by atoms with Crippen LogP contribution in [0.25, 0.3) is 0 Å². The number of H-pyrrole nitrogens is 1. The van der Waals surface area contributed by atoms with E-state index in [1.165, 1.54) is 18.5 Å². The summed E-state index contributed by atoms with van der Waals surface area (Å²) in [6, 6.07) is 4.44. The number of nitrogens with zero attached hydrogens (tertiary/aromatic N) is 3. The first-order valence-electron chi connectivity index (χ1n) is 6.33. The maximum absolute atomic E-state index is 13.5. The number of anilines is 1. The molecular formula is C13H15FN4O. The van der Waals surface area contributed by atoms with Crippen molar-refractivity contribution in [2.75, 3.05) is 18.0 Å². The summed E-state index contributed by atoms with van der Waals surface area (Å²) in [4.78, 5) is 6.05. The van der Waals surface area contributed by atoms with Crippen molar-refractivity contribution in [3.05, 3.63) is 41.7 Å². The van der Waals surface area contributed by atoms with Crippen molar-refractivity contribution in [1.82, 2.24) is 15.2 Å². The number of hydrogen-bond acceptors (Lipinski definition) is 4. The van der Waals surface area contributed by atoms with Gasteiger partial charge in [0.05, 0.1) is 0 Å². The molecule has 2 N–H and O–H groups in total. The molecule has 1 unspecified atom stereocenters. The number of aliphatic hydroxyl groups is 1. The number of aliphatic hydroxyl groups excluding tert-OH is 1. The Morgan fingerprint density at radius 3 is 2.79 bits per heavy atom. The van der Waals surface area contributed by atoms with E-state index in [4.69, 9.17) is 0 Å². The highest BCUT2D eigenvalue weighted by Crippen LogP contribution is 2.31. The summed E-state index contributed by atoms with van der Waals surface area (Å²) in [6.45, 7) is 1.78. The molecule has 1 saturated heterocycles. The topological polar surface area (TPSA) is 65.0 Å². The van der Waals surface area contributed by atoms with Gasteiger partial charge in [0.25, 0.3) is 0 Å². The van der Waals surface area contributed by atoms with Crippen molar-refractivity contribution >= 4 is 5.69 Å². The molecular weight excluding hydrogens is 247 g/mol. The Labute approximate surface area is 110 Å². The second kappa shape index (κ2) is 4.97. The Balaban J connectivity index is 2.00. The fourth-order valence-corrected chi connectivity index (χ4v) is 2.47. The van der Waals surface area contributed by atoms with Gasteiger partial charge >= 0.3 is 0 Å². The van der Waals surface area contributed by atoms with Gasteiger partial charge in [0.1, 0.15) is 18.2 Å². The van der Waals surface area contributed by atoms with E-state index >= 15 is 0 Å². The SMILES string of the molecule is OC(c1ncn[nH]1)c1ccc(F)cc1N1CCCC1. The average molecular weight is 262 g/mol. The first kappa shape index (κ1) is 12.1. The van der Waals surface area contributed by atoms with Crippen molar-refractivity contribution in [2.24, 2.45) is 0 Å². The van der Waals surface area contributed by atoms with E-state index in [2.05, 4.69) is 20.1 Å². The summed E-state index contributed by atoms with van der Waals surface area (Å²) in [5.41, 5.74) is 1.39. The number of halogens is 1. The van der Waals surface area contributed by atoms with Crippen molar-refractivity contribution in [3.63, 3.8) is 0 Å². The van der Waals surface area contributed by atoms with E-state index in [-0.39, 0.29) is 5.82 Å². The number of nitrogens with one attached hydrogen (secondary N) is 1. The second-order valence-electron chi connectivity index (χ2n) is 4.67. The van der Waals surface area contributed by atoms with Crippen molar-refractivity contribution in [2.45, 2.75) is 18.9 Å². The van der Waals surface area contributed by atoms with Gasteiger partial charge in [-0.25, -0.2) is 9.37 Å². The van der Waals surface area contributed by atoms with E-state index < -0.39 is 6.10 Å². The molecule has 0 bridgehead atoms. The molecule has 1 aromatic carbocycles. The van der Waals surface area contributed by atoms with E-state index in [0.717, 1.165) is 31.6 Å². The predicted octanol–water partition coefficient (Wildman–Crippen LogP) is 1.63. The fourth-order valence-electron chi connectivity index (χ4n) is 2.47. The van der Waals surface area contributed by atoms with Gasteiger partial charge in [-0.3, -0.25) is 5.10 Å². The minimum atomic E-state index is -0.918. The Morgan fingerprint density at radius 1 is 1.32 bits per heavy atom. The fraction of sp³-hybridized carbons (Fsp3) is 0.385. The lowest BCUT2D eigenvalue weighted by Gasteiger charge is -2.23. The van der Waals surface area contributed by atoms with Crippen LogP contribution in [0.3, 0.4) is 0 Å². The first-order chi connectivity index (χ1) is 9.25. The van der Waals surface area contributed by atoms with Gasteiger partial charge < -0.3 is 10.0 Å². The quantitative estimate of drug-likeness (QED) is 0.882. The van der Waals surface area contributed by atoms with Crippen LogP contribution in [0.4, 0.5) is 10.1 Å². The van der Waals surface area contributed by atoms with Crippen LogP contribution < -0.4 is 4.90 Å². The van der Waals surface area contributed by atoms with Gasteiger partial charge in [-0.05, 0) is 25.0 Å². The summed E-state index contributed by atoms with van der Waals surface area (Å²) >= 11 is 0. The van der Waals surface area contributed by atoms with E-state index in [1.807, 2.05) is 0 Å². The molecule has 0 amide bonds. The summed E-state index contributed by atoms with van der Waals surface area (Å²) < 4.78 is 13.5. The highest BCUT2D eigenvalue weighted by Gasteiger charge is 2.22. The molecule has 2 aromatic rings. The lowest BCUT2D eigenvalue weighted by atomic mass is 10.1. The maximum Gasteiger partial charge on any atom is 0.157 e. The van der Waals surface area contributed by atoms with Crippen LogP contribution in [0.5, 0.6) is 0 Å². The zero-order valence-electron chi connectivity index (χ0n) is 10.4. The van der Waals surface area contributed by atoms with Gasteiger partial charge in [-0.15, -0.1) is 0 Å². The standard InChI is InChI=1S/C13H15FN4O/c14-9-3-4-10(12(19)13-15-8-16-17-13)11(7-9)18-5-1-2-6-18/h3-4,7-8,12,19H,1-2,5-6H2,(H,15,16,17). The van der Waals surface area contributed by atoms with Crippen LogP contribution in [-0.4, -0.2) is 33.4 Å². The molecule has 19 heavy (non-hydrogen) atoms.